The van der Waals surface area contributed by atoms with Gasteiger partial charge in [0.15, 0.2) is 12.4 Å². The molecule has 2 nitrogen and oxygen atoms in total. The van der Waals surface area contributed by atoms with Crippen LogP contribution in [0.25, 0.3) is 10.8 Å². The van der Waals surface area contributed by atoms with Crippen molar-refractivity contribution in [2.45, 2.75) is 6.92 Å². The number of aryl methyl sites for hydroxylation is 1. The van der Waals surface area contributed by atoms with E-state index in [4.69, 9.17) is 11.6 Å². The van der Waals surface area contributed by atoms with E-state index in [1.54, 1.807) is 0 Å². The van der Waals surface area contributed by atoms with Gasteiger partial charge in [-0.05, 0) is 40.5 Å². The second-order valence-electron chi connectivity index (χ2n) is 3.17. The van der Waals surface area contributed by atoms with Gasteiger partial charge in [0, 0.05) is 5.39 Å². The Bertz CT molecular complexity index is 466. The van der Waals surface area contributed by atoms with Gasteiger partial charge >= 0.3 is 0 Å². The summed E-state index contributed by atoms with van der Waals surface area (Å²) in [6.45, 7) is 1.97. The lowest BCUT2D eigenvalue weighted by Gasteiger charge is -2.04. The Balaban J connectivity index is 2.94. The molecule has 0 aliphatic carbocycles. The van der Waals surface area contributed by atoms with Crippen LogP contribution in [0.2, 0.25) is 5.02 Å². The second-order valence-corrected chi connectivity index (χ2v) is 4.44. The Morgan fingerprint density at radius 3 is 2.71 bits per heavy atom. The molecule has 4 heteroatoms. The largest absolute Gasteiger partial charge is 0.619 e. The Hall–Kier alpha value is -0.800. The zero-order valence-electron chi connectivity index (χ0n) is 7.42. The molecule has 0 amide bonds. The molecule has 2 aromatic rings. The summed E-state index contributed by atoms with van der Waals surface area (Å²) in [6, 6.07) is 3.83. The lowest BCUT2D eigenvalue weighted by atomic mass is 10.1. The van der Waals surface area contributed by atoms with Gasteiger partial charge in [0.05, 0.1) is 14.9 Å². The third kappa shape index (κ3) is 1.57. The number of pyridine rings is 1. The van der Waals surface area contributed by atoms with Crippen LogP contribution in [0, 0.1) is 12.1 Å². The Morgan fingerprint density at radius 1 is 1.29 bits per heavy atom. The van der Waals surface area contributed by atoms with E-state index in [1.807, 2.05) is 19.1 Å². The van der Waals surface area contributed by atoms with E-state index in [1.165, 1.54) is 12.4 Å². The number of aromatic nitrogens is 1. The van der Waals surface area contributed by atoms with Gasteiger partial charge in [-0.15, -0.1) is 0 Å². The van der Waals surface area contributed by atoms with E-state index < -0.39 is 0 Å². The van der Waals surface area contributed by atoms with Crippen LogP contribution in [0.4, 0.5) is 0 Å². The van der Waals surface area contributed by atoms with Crippen molar-refractivity contribution in [3.63, 3.8) is 0 Å². The molecular weight excluding hydrogens is 265 g/mol. The highest BCUT2D eigenvalue weighted by molar-refractivity contribution is 9.10. The fourth-order valence-electron chi connectivity index (χ4n) is 1.43. The maximum absolute atomic E-state index is 11.2. The zero-order valence-corrected chi connectivity index (χ0v) is 9.76. The van der Waals surface area contributed by atoms with Crippen LogP contribution in [0.3, 0.4) is 0 Å². The van der Waals surface area contributed by atoms with Gasteiger partial charge in [0.25, 0.3) is 0 Å². The number of halogens is 2. The van der Waals surface area contributed by atoms with Gasteiger partial charge in [-0.25, -0.2) is 0 Å². The minimum Gasteiger partial charge on any atom is -0.619 e. The molecule has 0 spiro atoms. The van der Waals surface area contributed by atoms with Crippen LogP contribution >= 0.6 is 27.5 Å². The van der Waals surface area contributed by atoms with Crippen molar-refractivity contribution in [3.05, 3.63) is 44.8 Å². The normalized spacial score (nSPS) is 10.8. The molecule has 0 fully saturated rings. The summed E-state index contributed by atoms with van der Waals surface area (Å²) in [7, 11) is 0. The van der Waals surface area contributed by atoms with Crippen molar-refractivity contribution in [1.82, 2.24) is 0 Å². The number of rotatable bonds is 0. The first-order valence-corrected chi connectivity index (χ1v) is 5.23. The van der Waals surface area contributed by atoms with Crippen molar-refractivity contribution < 1.29 is 4.73 Å². The summed E-state index contributed by atoms with van der Waals surface area (Å²) in [5, 5.41) is 13.5. The fourth-order valence-corrected chi connectivity index (χ4v) is 2.28. The number of hydrogen-bond donors (Lipinski definition) is 0. The summed E-state index contributed by atoms with van der Waals surface area (Å²) < 4.78 is 1.50. The number of fused-ring (bicyclic) bond motifs is 1. The molecule has 0 radical (unpaired) electrons. The summed E-state index contributed by atoms with van der Waals surface area (Å²) in [6.07, 6.45) is 2.94. The number of hydrogen-bond acceptors (Lipinski definition) is 1. The highest BCUT2D eigenvalue weighted by Crippen LogP contribution is 2.28. The van der Waals surface area contributed by atoms with Gasteiger partial charge in [-0.1, -0.05) is 11.6 Å². The van der Waals surface area contributed by atoms with Gasteiger partial charge in [0.1, 0.15) is 0 Å². The van der Waals surface area contributed by atoms with Crippen LogP contribution in [0.1, 0.15) is 5.56 Å². The standard InChI is InChI=1S/C10H7BrClNO/c1-6-2-7-8(10(12)3-6)4-13(14)5-9(7)11/h2-5H,1H3. The predicted molar refractivity (Wildman–Crippen MR) is 60.4 cm³/mol. The summed E-state index contributed by atoms with van der Waals surface area (Å²) >= 11 is 9.37. The minimum atomic E-state index is 0.603. The molecule has 0 saturated heterocycles. The van der Waals surface area contributed by atoms with Crippen molar-refractivity contribution >= 4 is 38.3 Å². The fraction of sp³-hybridized carbons (Fsp3) is 0.100. The molecule has 14 heavy (non-hydrogen) atoms. The van der Waals surface area contributed by atoms with E-state index in [9.17, 15) is 5.21 Å². The number of nitrogens with zero attached hydrogens (tertiary/aromatic N) is 1. The van der Waals surface area contributed by atoms with Crippen molar-refractivity contribution in [3.8, 4) is 0 Å². The van der Waals surface area contributed by atoms with E-state index >= 15 is 0 Å². The van der Waals surface area contributed by atoms with Crippen LogP contribution in [0.15, 0.2) is 29.0 Å². The summed E-state index contributed by atoms with van der Waals surface area (Å²) in [5.41, 5.74) is 1.08. The van der Waals surface area contributed by atoms with Gasteiger partial charge < -0.3 is 5.21 Å². The maximum Gasteiger partial charge on any atom is 0.195 e. The smallest absolute Gasteiger partial charge is 0.195 e. The highest BCUT2D eigenvalue weighted by Gasteiger charge is 2.08. The Kier molecular flexibility index (Phi) is 2.37. The first kappa shape index (κ1) is 9.74. The molecule has 0 unspecified atom stereocenters. The van der Waals surface area contributed by atoms with E-state index in [0.29, 0.717) is 5.02 Å². The van der Waals surface area contributed by atoms with Gasteiger partial charge in [-0.3, -0.25) is 0 Å². The summed E-state index contributed by atoms with van der Waals surface area (Å²) in [4.78, 5) is 0. The molecule has 0 bridgehead atoms. The SMILES string of the molecule is Cc1cc(Cl)c2c[n+]([O-])cc(Br)c2c1. The third-order valence-corrected chi connectivity index (χ3v) is 2.97. The zero-order chi connectivity index (χ0) is 10.3. The molecule has 0 N–H and O–H groups in total. The second kappa shape index (κ2) is 3.41. The molecule has 1 heterocycles. The van der Waals surface area contributed by atoms with Crippen LogP contribution in [-0.2, 0) is 0 Å². The van der Waals surface area contributed by atoms with E-state index in [0.717, 1.165) is 25.5 Å². The Labute approximate surface area is 94.8 Å². The minimum absolute atomic E-state index is 0.603. The predicted octanol–water partition coefficient (Wildman–Crippen LogP) is 3.20. The first-order chi connectivity index (χ1) is 6.58. The molecule has 0 aliphatic rings. The van der Waals surface area contributed by atoms with Crippen molar-refractivity contribution in [1.29, 1.82) is 0 Å². The molecule has 0 saturated carbocycles. The highest BCUT2D eigenvalue weighted by atomic mass is 79.9. The molecule has 72 valence electrons. The Morgan fingerprint density at radius 2 is 2.00 bits per heavy atom. The molecule has 0 atom stereocenters. The van der Waals surface area contributed by atoms with Crippen molar-refractivity contribution in [2.75, 3.05) is 0 Å². The molecule has 1 aromatic heterocycles. The van der Waals surface area contributed by atoms with Crippen LogP contribution in [-0.4, -0.2) is 0 Å². The van der Waals surface area contributed by atoms with E-state index in [-0.39, 0.29) is 0 Å². The molecule has 1 aromatic carbocycles. The van der Waals surface area contributed by atoms with Gasteiger partial charge in [-0.2, -0.15) is 4.73 Å². The summed E-state index contributed by atoms with van der Waals surface area (Å²) in [5.74, 6) is 0. The molecule has 0 aliphatic heterocycles. The maximum atomic E-state index is 11.2. The van der Waals surface area contributed by atoms with Crippen LogP contribution < -0.4 is 4.73 Å². The van der Waals surface area contributed by atoms with Crippen molar-refractivity contribution in [2.24, 2.45) is 0 Å². The molecular formula is C10H7BrClNO. The average Bonchev–Trinajstić information content (AvgIpc) is 2.07. The monoisotopic (exact) mass is 271 g/mol. The molecule has 2 rings (SSSR count). The van der Waals surface area contributed by atoms with Gasteiger partial charge in [0.2, 0.25) is 0 Å². The first-order valence-electron chi connectivity index (χ1n) is 4.06. The third-order valence-electron chi connectivity index (χ3n) is 2.03. The number of benzene rings is 1. The lowest BCUT2D eigenvalue weighted by Crippen LogP contribution is -2.24. The van der Waals surface area contributed by atoms with Crippen LogP contribution in [0.5, 0.6) is 0 Å². The average molecular weight is 273 g/mol. The quantitative estimate of drug-likeness (QED) is 0.534. The van der Waals surface area contributed by atoms with E-state index in [2.05, 4.69) is 15.9 Å². The topological polar surface area (TPSA) is 26.9 Å². The lowest BCUT2D eigenvalue weighted by molar-refractivity contribution is -0.604.